The standard InChI is InChI=1S/C15H22N4O/c1-13(12-14-6-3-4-7-15(14)20-2)16-8-5-10-19-11-9-17-18-19/h3-4,6-7,9,11,13,16H,5,8,10,12H2,1-2H3. The maximum absolute atomic E-state index is 5.37. The van der Waals surface area contributed by atoms with Gasteiger partial charge < -0.3 is 10.1 Å². The molecule has 1 heterocycles. The summed E-state index contributed by atoms with van der Waals surface area (Å²) in [7, 11) is 1.72. The molecule has 2 rings (SSSR count). The summed E-state index contributed by atoms with van der Waals surface area (Å²) in [6.07, 6.45) is 5.60. The first-order valence-corrected chi connectivity index (χ1v) is 6.99. The highest BCUT2D eigenvalue weighted by atomic mass is 16.5. The van der Waals surface area contributed by atoms with Crippen LogP contribution >= 0.6 is 0 Å². The van der Waals surface area contributed by atoms with Gasteiger partial charge in [0.15, 0.2) is 0 Å². The third-order valence-electron chi connectivity index (χ3n) is 3.25. The molecule has 0 saturated carbocycles. The highest BCUT2D eigenvalue weighted by molar-refractivity contribution is 5.33. The van der Waals surface area contributed by atoms with E-state index >= 15 is 0 Å². The van der Waals surface area contributed by atoms with Crippen molar-refractivity contribution in [3.63, 3.8) is 0 Å². The minimum atomic E-state index is 0.419. The summed E-state index contributed by atoms with van der Waals surface area (Å²) in [5.74, 6) is 0.962. The number of aryl methyl sites for hydroxylation is 1. The van der Waals surface area contributed by atoms with E-state index in [9.17, 15) is 0 Å². The van der Waals surface area contributed by atoms with E-state index in [0.29, 0.717) is 6.04 Å². The zero-order chi connectivity index (χ0) is 14.2. The van der Waals surface area contributed by atoms with Gasteiger partial charge in [0, 0.05) is 18.8 Å². The Balaban J connectivity index is 1.71. The lowest BCUT2D eigenvalue weighted by atomic mass is 10.1. The fourth-order valence-electron chi connectivity index (χ4n) is 2.22. The van der Waals surface area contributed by atoms with Crippen molar-refractivity contribution >= 4 is 0 Å². The maximum atomic E-state index is 5.37. The second-order valence-corrected chi connectivity index (χ2v) is 4.89. The van der Waals surface area contributed by atoms with Crippen LogP contribution < -0.4 is 10.1 Å². The Morgan fingerprint density at radius 1 is 1.35 bits per heavy atom. The highest BCUT2D eigenvalue weighted by Crippen LogP contribution is 2.18. The molecule has 1 aromatic heterocycles. The normalized spacial score (nSPS) is 12.3. The molecule has 5 nitrogen and oxygen atoms in total. The van der Waals surface area contributed by atoms with Gasteiger partial charge in [0.05, 0.1) is 13.3 Å². The summed E-state index contributed by atoms with van der Waals surface area (Å²) in [5, 5.41) is 11.3. The second-order valence-electron chi connectivity index (χ2n) is 4.89. The molecule has 1 aromatic carbocycles. The molecule has 0 aliphatic carbocycles. The number of rotatable bonds is 8. The third-order valence-corrected chi connectivity index (χ3v) is 3.25. The summed E-state index contributed by atoms with van der Waals surface area (Å²) in [6.45, 7) is 4.06. The molecule has 0 amide bonds. The molecule has 1 atom stereocenters. The van der Waals surface area contributed by atoms with Gasteiger partial charge in [-0.25, -0.2) is 0 Å². The predicted molar refractivity (Wildman–Crippen MR) is 78.8 cm³/mol. The van der Waals surface area contributed by atoms with E-state index in [1.165, 1.54) is 5.56 Å². The minimum absolute atomic E-state index is 0.419. The van der Waals surface area contributed by atoms with E-state index in [2.05, 4.69) is 34.7 Å². The fraction of sp³-hybridized carbons (Fsp3) is 0.467. The van der Waals surface area contributed by atoms with Crippen LogP contribution in [0, 0.1) is 0 Å². The van der Waals surface area contributed by atoms with E-state index in [1.807, 2.05) is 23.0 Å². The number of hydrogen-bond donors (Lipinski definition) is 1. The second kappa shape index (κ2) is 7.65. The molecule has 0 radical (unpaired) electrons. The third kappa shape index (κ3) is 4.35. The van der Waals surface area contributed by atoms with Gasteiger partial charge in [-0.2, -0.15) is 0 Å². The number of para-hydroxylation sites is 1. The van der Waals surface area contributed by atoms with Crippen LogP contribution in [0.25, 0.3) is 0 Å². The molecule has 0 spiro atoms. The van der Waals surface area contributed by atoms with Crippen molar-refractivity contribution < 1.29 is 4.74 Å². The Labute approximate surface area is 120 Å². The smallest absolute Gasteiger partial charge is 0.122 e. The van der Waals surface area contributed by atoms with Crippen molar-refractivity contribution in [3.8, 4) is 5.75 Å². The number of hydrogen-bond acceptors (Lipinski definition) is 4. The Morgan fingerprint density at radius 2 is 2.20 bits per heavy atom. The van der Waals surface area contributed by atoms with Crippen LogP contribution in [0.2, 0.25) is 0 Å². The van der Waals surface area contributed by atoms with E-state index in [4.69, 9.17) is 4.74 Å². The summed E-state index contributed by atoms with van der Waals surface area (Å²) >= 11 is 0. The van der Waals surface area contributed by atoms with Crippen LogP contribution in [0.15, 0.2) is 36.7 Å². The van der Waals surface area contributed by atoms with Gasteiger partial charge in [0.1, 0.15) is 5.75 Å². The number of methoxy groups -OCH3 is 1. The van der Waals surface area contributed by atoms with Crippen molar-refractivity contribution in [1.82, 2.24) is 20.3 Å². The average Bonchev–Trinajstić information content (AvgIpc) is 2.97. The van der Waals surface area contributed by atoms with E-state index < -0.39 is 0 Å². The average molecular weight is 274 g/mol. The molecule has 108 valence electrons. The number of nitrogens with one attached hydrogen (secondary N) is 1. The van der Waals surface area contributed by atoms with Crippen LogP contribution in [0.3, 0.4) is 0 Å². The summed E-state index contributed by atoms with van der Waals surface area (Å²) in [5.41, 5.74) is 1.24. The van der Waals surface area contributed by atoms with Gasteiger partial charge in [-0.15, -0.1) is 5.10 Å². The molecule has 0 saturated heterocycles. The predicted octanol–water partition coefficient (Wildman–Crippen LogP) is 1.90. The Bertz CT molecular complexity index is 498. The molecule has 0 aliphatic rings. The molecule has 0 aliphatic heterocycles. The lowest BCUT2D eigenvalue weighted by Gasteiger charge is -2.15. The van der Waals surface area contributed by atoms with Crippen LogP contribution in [0.4, 0.5) is 0 Å². The number of ether oxygens (including phenoxy) is 1. The first-order chi connectivity index (χ1) is 9.79. The minimum Gasteiger partial charge on any atom is -0.496 e. The monoisotopic (exact) mass is 274 g/mol. The van der Waals surface area contributed by atoms with Gasteiger partial charge >= 0.3 is 0 Å². The molecule has 5 heteroatoms. The molecule has 0 fully saturated rings. The molecule has 1 unspecified atom stereocenters. The molecule has 1 N–H and O–H groups in total. The van der Waals surface area contributed by atoms with Gasteiger partial charge in [-0.1, -0.05) is 23.4 Å². The van der Waals surface area contributed by atoms with Crippen molar-refractivity contribution in [2.75, 3.05) is 13.7 Å². The van der Waals surface area contributed by atoms with Crippen LogP contribution in [-0.2, 0) is 13.0 Å². The Hall–Kier alpha value is -1.88. The fourth-order valence-corrected chi connectivity index (χ4v) is 2.22. The zero-order valence-electron chi connectivity index (χ0n) is 12.1. The molecular weight excluding hydrogens is 252 g/mol. The van der Waals surface area contributed by atoms with Crippen LogP contribution in [0.5, 0.6) is 5.75 Å². The lowest BCUT2D eigenvalue weighted by molar-refractivity contribution is 0.405. The largest absolute Gasteiger partial charge is 0.496 e. The highest BCUT2D eigenvalue weighted by Gasteiger charge is 2.07. The Kier molecular flexibility index (Phi) is 5.55. The summed E-state index contributed by atoms with van der Waals surface area (Å²) in [4.78, 5) is 0. The first kappa shape index (κ1) is 14.5. The summed E-state index contributed by atoms with van der Waals surface area (Å²) in [6, 6.07) is 8.59. The van der Waals surface area contributed by atoms with E-state index in [1.54, 1.807) is 13.3 Å². The maximum Gasteiger partial charge on any atom is 0.122 e. The van der Waals surface area contributed by atoms with Crippen molar-refractivity contribution in [2.24, 2.45) is 0 Å². The molecular formula is C15H22N4O. The Morgan fingerprint density at radius 3 is 2.95 bits per heavy atom. The SMILES string of the molecule is COc1ccccc1CC(C)NCCCn1ccnn1. The van der Waals surface area contributed by atoms with Crippen molar-refractivity contribution in [2.45, 2.75) is 32.4 Å². The topological polar surface area (TPSA) is 52.0 Å². The van der Waals surface area contributed by atoms with Crippen LogP contribution in [-0.4, -0.2) is 34.7 Å². The first-order valence-electron chi connectivity index (χ1n) is 6.99. The quantitative estimate of drug-likeness (QED) is 0.747. The lowest BCUT2D eigenvalue weighted by Crippen LogP contribution is -2.29. The van der Waals surface area contributed by atoms with Gasteiger partial charge in [0.2, 0.25) is 0 Å². The number of nitrogens with zero attached hydrogens (tertiary/aromatic N) is 3. The van der Waals surface area contributed by atoms with Gasteiger partial charge in [0.25, 0.3) is 0 Å². The molecule has 2 aromatic rings. The van der Waals surface area contributed by atoms with E-state index in [0.717, 1.165) is 31.7 Å². The van der Waals surface area contributed by atoms with Crippen molar-refractivity contribution in [3.05, 3.63) is 42.2 Å². The molecule has 0 bridgehead atoms. The number of aromatic nitrogens is 3. The van der Waals surface area contributed by atoms with Gasteiger partial charge in [-0.3, -0.25) is 4.68 Å². The zero-order valence-corrected chi connectivity index (χ0v) is 12.1. The van der Waals surface area contributed by atoms with E-state index in [-0.39, 0.29) is 0 Å². The number of benzene rings is 1. The van der Waals surface area contributed by atoms with Crippen molar-refractivity contribution in [1.29, 1.82) is 0 Å². The van der Waals surface area contributed by atoms with Gasteiger partial charge in [-0.05, 0) is 37.9 Å². The molecule has 20 heavy (non-hydrogen) atoms. The summed E-state index contributed by atoms with van der Waals surface area (Å²) < 4.78 is 7.23. The van der Waals surface area contributed by atoms with Crippen LogP contribution in [0.1, 0.15) is 18.9 Å².